The predicted octanol–water partition coefficient (Wildman–Crippen LogP) is 6.25. The van der Waals surface area contributed by atoms with Crippen molar-refractivity contribution in [2.45, 2.75) is 66.5 Å². The summed E-state index contributed by atoms with van der Waals surface area (Å²) in [6, 6.07) is 12.1. The van der Waals surface area contributed by atoms with Gasteiger partial charge in [-0.25, -0.2) is 4.79 Å². The molecule has 0 bridgehead atoms. The molecule has 0 unspecified atom stereocenters. The highest BCUT2D eigenvalue weighted by molar-refractivity contribution is 5.84. The van der Waals surface area contributed by atoms with Gasteiger partial charge in [0.15, 0.2) is 0 Å². The third-order valence-corrected chi connectivity index (χ3v) is 6.75. The van der Waals surface area contributed by atoms with Crippen LogP contribution in [0.5, 0.6) is 0 Å². The van der Waals surface area contributed by atoms with Gasteiger partial charge in [-0.05, 0) is 74.9 Å². The van der Waals surface area contributed by atoms with Crippen molar-refractivity contribution in [3.63, 3.8) is 0 Å². The summed E-state index contributed by atoms with van der Waals surface area (Å²) >= 11 is 0. The zero-order valence-corrected chi connectivity index (χ0v) is 22.6. The number of rotatable bonds is 4. The lowest BCUT2D eigenvalue weighted by atomic mass is 9.94. The highest BCUT2D eigenvalue weighted by Gasteiger charge is 2.26. The van der Waals surface area contributed by atoms with Crippen LogP contribution in [0, 0.1) is 13.8 Å². The number of amides is 1. The molecule has 1 aromatic heterocycles. The van der Waals surface area contributed by atoms with Crippen molar-refractivity contribution in [1.82, 2.24) is 9.80 Å². The van der Waals surface area contributed by atoms with Crippen LogP contribution in [0.2, 0.25) is 0 Å². The van der Waals surface area contributed by atoms with Gasteiger partial charge in [0.2, 0.25) is 5.43 Å². The Labute approximate surface area is 213 Å². The summed E-state index contributed by atoms with van der Waals surface area (Å²) in [6.07, 6.45) is -0.244. The SMILES string of the molecule is Cc1cc2oc(C)c(-c3ccc(CN4CCN(C(=O)OC(C)(C)C)CC4)cc3)c(=O)c2cc1C(C)C. The Morgan fingerprint density at radius 3 is 2.25 bits per heavy atom. The maximum Gasteiger partial charge on any atom is 0.410 e. The Hall–Kier alpha value is -3.12. The Balaban J connectivity index is 1.48. The number of piperazine rings is 1. The van der Waals surface area contributed by atoms with Crippen molar-refractivity contribution < 1.29 is 13.9 Å². The van der Waals surface area contributed by atoms with Crippen LogP contribution in [0.15, 0.2) is 45.6 Å². The average molecular weight is 491 g/mol. The summed E-state index contributed by atoms with van der Waals surface area (Å²) in [5.74, 6) is 0.971. The molecule has 2 heterocycles. The minimum Gasteiger partial charge on any atom is -0.460 e. The fourth-order valence-corrected chi connectivity index (χ4v) is 4.88. The van der Waals surface area contributed by atoms with Crippen LogP contribution in [-0.4, -0.2) is 47.7 Å². The average Bonchev–Trinajstić information content (AvgIpc) is 2.79. The molecule has 1 fully saturated rings. The molecule has 0 atom stereocenters. The molecule has 1 amide bonds. The molecule has 0 N–H and O–H groups in total. The van der Waals surface area contributed by atoms with Gasteiger partial charge in [-0.2, -0.15) is 0 Å². The molecule has 1 aliphatic heterocycles. The fourth-order valence-electron chi connectivity index (χ4n) is 4.88. The molecule has 0 saturated carbocycles. The smallest absolute Gasteiger partial charge is 0.410 e. The van der Waals surface area contributed by atoms with Crippen molar-refractivity contribution in [3.8, 4) is 11.1 Å². The number of carbonyl (C=O) groups is 1. The molecule has 1 aliphatic rings. The standard InChI is InChI=1S/C30H38N2O4/c1-19(2)24-17-25-26(16-20(24)3)35-21(4)27(28(25)33)23-10-8-22(9-11-23)18-31-12-14-32(15-13-31)29(34)36-30(5,6)7/h8-11,16-17,19H,12-15,18H2,1-7H3. The summed E-state index contributed by atoms with van der Waals surface area (Å²) < 4.78 is 11.6. The van der Waals surface area contributed by atoms with Crippen LogP contribution in [0.25, 0.3) is 22.1 Å². The lowest BCUT2D eigenvalue weighted by Crippen LogP contribution is -2.49. The number of benzene rings is 2. The summed E-state index contributed by atoms with van der Waals surface area (Å²) in [5, 5.41) is 0.636. The molecule has 6 nitrogen and oxygen atoms in total. The Morgan fingerprint density at radius 2 is 1.67 bits per heavy atom. The first-order valence-corrected chi connectivity index (χ1v) is 12.8. The van der Waals surface area contributed by atoms with E-state index >= 15 is 0 Å². The monoisotopic (exact) mass is 490 g/mol. The van der Waals surface area contributed by atoms with Gasteiger partial charge in [0.1, 0.15) is 16.9 Å². The lowest BCUT2D eigenvalue weighted by Gasteiger charge is -2.35. The Morgan fingerprint density at radius 1 is 1.03 bits per heavy atom. The van der Waals surface area contributed by atoms with E-state index in [0.29, 0.717) is 41.3 Å². The molecule has 0 aliphatic carbocycles. The van der Waals surface area contributed by atoms with E-state index in [1.165, 1.54) is 11.1 Å². The van der Waals surface area contributed by atoms with Crippen LogP contribution >= 0.6 is 0 Å². The third kappa shape index (κ3) is 5.65. The number of carbonyl (C=O) groups excluding carboxylic acids is 1. The second-order valence-corrected chi connectivity index (χ2v) is 11.2. The molecular formula is C30H38N2O4. The highest BCUT2D eigenvalue weighted by atomic mass is 16.6. The molecule has 0 spiro atoms. The lowest BCUT2D eigenvalue weighted by molar-refractivity contribution is 0.0139. The first-order chi connectivity index (χ1) is 16.9. The summed E-state index contributed by atoms with van der Waals surface area (Å²) in [6.45, 7) is 17.6. The predicted molar refractivity (Wildman–Crippen MR) is 145 cm³/mol. The van der Waals surface area contributed by atoms with Gasteiger partial charge in [-0.3, -0.25) is 9.69 Å². The van der Waals surface area contributed by atoms with Gasteiger partial charge >= 0.3 is 6.09 Å². The van der Waals surface area contributed by atoms with Crippen LogP contribution in [-0.2, 0) is 11.3 Å². The number of fused-ring (bicyclic) bond motifs is 1. The second-order valence-electron chi connectivity index (χ2n) is 11.2. The molecule has 1 saturated heterocycles. The zero-order valence-electron chi connectivity index (χ0n) is 22.6. The minimum absolute atomic E-state index is 0.0154. The van der Waals surface area contributed by atoms with Crippen LogP contribution in [0.3, 0.4) is 0 Å². The number of hydrogen-bond donors (Lipinski definition) is 0. The molecule has 0 radical (unpaired) electrons. The number of aryl methyl sites for hydroxylation is 2. The molecule has 6 heteroatoms. The molecule has 4 rings (SSSR count). The topological polar surface area (TPSA) is 63.0 Å². The van der Waals surface area contributed by atoms with E-state index in [9.17, 15) is 9.59 Å². The number of hydrogen-bond acceptors (Lipinski definition) is 5. The van der Waals surface area contributed by atoms with E-state index in [4.69, 9.17) is 9.15 Å². The van der Waals surface area contributed by atoms with Crippen molar-refractivity contribution >= 4 is 17.1 Å². The molecule has 192 valence electrons. The van der Waals surface area contributed by atoms with Crippen LogP contribution in [0.1, 0.15) is 63.0 Å². The maximum atomic E-state index is 13.5. The first kappa shape index (κ1) is 26.0. The van der Waals surface area contributed by atoms with Gasteiger partial charge in [-0.15, -0.1) is 0 Å². The van der Waals surface area contributed by atoms with Crippen molar-refractivity contribution in [1.29, 1.82) is 0 Å². The van der Waals surface area contributed by atoms with Gasteiger partial charge in [-0.1, -0.05) is 38.1 Å². The van der Waals surface area contributed by atoms with Gasteiger partial charge in [0, 0.05) is 32.7 Å². The molecule has 3 aromatic rings. The summed E-state index contributed by atoms with van der Waals surface area (Å²) in [4.78, 5) is 29.9. The Kier molecular flexibility index (Phi) is 7.28. The number of ether oxygens (including phenoxy) is 1. The van der Waals surface area contributed by atoms with E-state index < -0.39 is 5.60 Å². The van der Waals surface area contributed by atoms with Gasteiger partial charge < -0.3 is 14.1 Å². The summed E-state index contributed by atoms with van der Waals surface area (Å²) in [5.41, 5.74) is 5.16. The highest BCUT2D eigenvalue weighted by Crippen LogP contribution is 2.29. The van der Waals surface area contributed by atoms with Crippen LogP contribution < -0.4 is 5.43 Å². The molecule has 36 heavy (non-hydrogen) atoms. The van der Waals surface area contributed by atoms with Crippen molar-refractivity contribution in [2.24, 2.45) is 0 Å². The Bertz CT molecular complexity index is 1310. The first-order valence-electron chi connectivity index (χ1n) is 12.8. The number of nitrogens with zero attached hydrogens (tertiary/aromatic N) is 2. The van der Waals surface area contributed by atoms with E-state index in [0.717, 1.165) is 30.8 Å². The van der Waals surface area contributed by atoms with Gasteiger partial charge in [0.05, 0.1) is 10.9 Å². The third-order valence-electron chi connectivity index (χ3n) is 6.75. The zero-order chi connectivity index (χ0) is 26.2. The van der Waals surface area contributed by atoms with Crippen molar-refractivity contribution in [3.05, 3.63) is 69.1 Å². The van der Waals surface area contributed by atoms with Crippen molar-refractivity contribution in [2.75, 3.05) is 26.2 Å². The molecular weight excluding hydrogens is 452 g/mol. The van der Waals surface area contributed by atoms with Crippen LogP contribution in [0.4, 0.5) is 4.79 Å². The quantitative estimate of drug-likeness (QED) is 0.432. The second kappa shape index (κ2) is 10.1. The molecule has 2 aromatic carbocycles. The summed E-state index contributed by atoms with van der Waals surface area (Å²) in [7, 11) is 0. The van der Waals surface area contributed by atoms with E-state index in [1.54, 1.807) is 4.90 Å². The largest absolute Gasteiger partial charge is 0.460 e. The van der Waals surface area contributed by atoms with E-state index in [-0.39, 0.29) is 11.5 Å². The van der Waals surface area contributed by atoms with Gasteiger partial charge in [0.25, 0.3) is 0 Å². The van der Waals surface area contributed by atoms with E-state index in [2.05, 4.69) is 37.8 Å². The maximum absolute atomic E-state index is 13.5. The normalized spacial score (nSPS) is 15.1. The van der Waals surface area contributed by atoms with E-state index in [1.807, 2.05) is 52.0 Å². The minimum atomic E-state index is -0.480. The fraction of sp³-hybridized carbons (Fsp3) is 0.467.